The van der Waals surface area contributed by atoms with Crippen LogP contribution in [0.25, 0.3) is 0 Å². The van der Waals surface area contributed by atoms with Gasteiger partial charge in [-0.05, 0) is 48.9 Å². The molecule has 0 aromatic heterocycles. The van der Waals surface area contributed by atoms with E-state index in [2.05, 4.69) is 64.4 Å². The number of piperidine rings is 1. The van der Waals surface area contributed by atoms with Crippen LogP contribution in [0.2, 0.25) is 0 Å². The fraction of sp³-hybridized carbons (Fsp3) is 0.429. The molecule has 23 heavy (non-hydrogen) atoms. The van der Waals surface area contributed by atoms with Gasteiger partial charge in [0.05, 0.1) is 0 Å². The zero-order valence-corrected chi connectivity index (χ0v) is 13.6. The molecule has 2 aliphatic heterocycles. The summed E-state index contributed by atoms with van der Waals surface area (Å²) in [6.07, 6.45) is 4.19. The highest BCUT2D eigenvalue weighted by Crippen LogP contribution is 2.48. The molecule has 2 atom stereocenters. The smallest absolute Gasteiger partial charge is 0.0450 e. The second-order valence-corrected chi connectivity index (χ2v) is 7.43. The molecule has 2 heteroatoms. The molecule has 1 aliphatic carbocycles. The van der Waals surface area contributed by atoms with Gasteiger partial charge in [-0.3, -0.25) is 0 Å². The molecule has 1 saturated carbocycles. The largest absolute Gasteiger partial charge is 0.337 e. The van der Waals surface area contributed by atoms with Gasteiger partial charge in [-0.25, -0.2) is 0 Å². The van der Waals surface area contributed by atoms with Crippen LogP contribution in [0, 0.1) is 5.92 Å². The molecule has 2 fully saturated rings. The van der Waals surface area contributed by atoms with Gasteiger partial charge < -0.3 is 9.80 Å². The quantitative estimate of drug-likeness (QED) is 0.829. The van der Waals surface area contributed by atoms with Crippen molar-refractivity contribution in [3.63, 3.8) is 0 Å². The van der Waals surface area contributed by atoms with Crippen LogP contribution in [0.5, 0.6) is 0 Å². The van der Waals surface area contributed by atoms with Crippen molar-refractivity contribution in [1.82, 2.24) is 4.90 Å². The minimum atomic E-state index is 0.630. The Morgan fingerprint density at radius 3 is 2.48 bits per heavy atom. The normalized spacial score (nSPS) is 26.9. The fourth-order valence-electron chi connectivity index (χ4n) is 4.57. The topological polar surface area (TPSA) is 6.48 Å². The molecular formula is C21H24N2. The molecule has 2 heterocycles. The number of anilines is 2. The lowest BCUT2D eigenvalue weighted by Crippen LogP contribution is -2.45. The maximum absolute atomic E-state index is 2.73. The van der Waals surface area contributed by atoms with Gasteiger partial charge in [-0.15, -0.1) is 0 Å². The predicted molar refractivity (Wildman–Crippen MR) is 95.3 cm³/mol. The lowest BCUT2D eigenvalue weighted by atomic mass is 9.89. The maximum Gasteiger partial charge on any atom is 0.0450 e. The van der Waals surface area contributed by atoms with Gasteiger partial charge in [-0.1, -0.05) is 36.4 Å². The number of likely N-dealkylation sites (tertiary alicyclic amines) is 1. The third kappa shape index (κ3) is 2.36. The third-order valence-corrected chi connectivity index (χ3v) is 5.84. The minimum absolute atomic E-state index is 0.630. The summed E-state index contributed by atoms with van der Waals surface area (Å²) in [5.41, 5.74) is 4.34. The summed E-state index contributed by atoms with van der Waals surface area (Å²) in [6.45, 7) is 3.83. The molecule has 0 radical (unpaired) electrons. The van der Waals surface area contributed by atoms with Gasteiger partial charge in [0.2, 0.25) is 0 Å². The van der Waals surface area contributed by atoms with Crippen LogP contribution in [0.3, 0.4) is 0 Å². The van der Waals surface area contributed by atoms with Crippen molar-refractivity contribution in [2.24, 2.45) is 5.92 Å². The lowest BCUT2D eigenvalue weighted by Gasteiger charge is -2.39. The summed E-state index contributed by atoms with van der Waals surface area (Å²) in [5, 5.41) is 0. The minimum Gasteiger partial charge on any atom is -0.337 e. The summed E-state index contributed by atoms with van der Waals surface area (Å²) in [5.74, 6) is 1.66. The molecule has 0 spiro atoms. The summed E-state index contributed by atoms with van der Waals surface area (Å²) in [7, 11) is 0. The van der Waals surface area contributed by atoms with Gasteiger partial charge in [0.15, 0.2) is 0 Å². The Kier molecular flexibility index (Phi) is 3.19. The van der Waals surface area contributed by atoms with Gasteiger partial charge in [0.1, 0.15) is 0 Å². The highest BCUT2D eigenvalue weighted by atomic mass is 15.2. The van der Waals surface area contributed by atoms with Crippen LogP contribution in [0.1, 0.15) is 30.7 Å². The number of nitrogens with zero attached hydrogens (tertiary/aromatic N) is 2. The maximum atomic E-state index is 2.73. The van der Waals surface area contributed by atoms with Crippen LogP contribution in [-0.2, 0) is 0 Å². The SMILES string of the molecule is c1ccc(N2c3ccccc3[C@@H]3CN(CC4CC4)CC[C@H]32)cc1. The first kappa shape index (κ1) is 13.6. The number of rotatable bonds is 3. The van der Waals surface area contributed by atoms with E-state index in [1.165, 1.54) is 50.3 Å². The van der Waals surface area contributed by atoms with Crippen molar-refractivity contribution in [2.45, 2.75) is 31.2 Å². The van der Waals surface area contributed by atoms with Crippen LogP contribution in [0.15, 0.2) is 54.6 Å². The van der Waals surface area contributed by atoms with Crippen LogP contribution < -0.4 is 4.90 Å². The van der Waals surface area contributed by atoms with Gasteiger partial charge in [0.25, 0.3) is 0 Å². The molecule has 3 aliphatic rings. The first-order valence-electron chi connectivity index (χ1n) is 9.06. The monoisotopic (exact) mass is 304 g/mol. The molecule has 2 nitrogen and oxygen atoms in total. The third-order valence-electron chi connectivity index (χ3n) is 5.84. The van der Waals surface area contributed by atoms with E-state index in [4.69, 9.17) is 0 Å². The predicted octanol–water partition coefficient (Wildman–Crippen LogP) is 4.41. The number of fused-ring (bicyclic) bond motifs is 3. The second kappa shape index (κ2) is 5.38. The molecule has 2 aromatic rings. The van der Waals surface area contributed by atoms with E-state index in [1.54, 1.807) is 5.56 Å². The van der Waals surface area contributed by atoms with Crippen molar-refractivity contribution in [3.05, 3.63) is 60.2 Å². The molecular weight excluding hydrogens is 280 g/mol. The van der Waals surface area contributed by atoms with Crippen molar-refractivity contribution in [1.29, 1.82) is 0 Å². The van der Waals surface area contributed by atoms with Crippen molar-refractivity contribution < 1.29 is 0 Å². The summed E-state index contributed by atoms with van der Waals surface area (Å²) < 4.78 is 0. The van der Waals surface area contributed by atoms with Gasteiger partial charge in [-0.2, -0.15) is 0 Å². The number of hydrogen-bond acceptors (Lipinski definition) is 2. The van der Waals surface area contributed by atoms with E-state index in [-0.39, 0.29) is 0 Å². The summed E-state index contributed by atoms with van der Waals surface area (Å²) in [6, 6.07) is 20.7. The molecule has 5 rings (SSSR count). The van der Waals surface area contributed by atoms with E-state index in [9.17, 15) is 0 Å². The van der Waals surface area contributed by atoms with E-state index in [0.29, 0.717) is 12.0 Å². The Balaban J connectivity index is 1.50. The zero-order valence-electron chi connectivity index (χ0n) is 13.6. The van der Waals surface area contributed by atoms with Crippen molar-refractivity contribution in [3.8, 4) is 0 Å². The molecule has 2 aromatic carbocycles. The van der Waals surface area contributed by atoms with E-state index >= 15 is 0 Å². The van der Waals surface area contributed by atoms with Crippen molar-refractivity contribution >= 4 is 11.4 Å². The highest BCUT2D eigenvalue weighted by Gasteiger charge is 2.42. The van der Waals surface area contributed by atoms with E-state index in [1.807, 2.05) is 0 Å². The Hall–Kier alpha value is -1.80. The average molecular weight is 304 g/mol. The summed E-state index contributed by atoms with van der Waals surface area (Å²) >= 11 is 0. The average Bonchev–Trinajstić information content (AvgIpc) is 3.35. The second-order valence-electron chi connectivity index (χ2n) is 7.43. The first-order valence-corrected chi connectivity index (χ1v) is 9.06. The Morgan fingerprint density at radius 1 is 0.870 bits per heavy atom. The van der Waals surface area contributed by atoms with Crippen LogP contribution in [-0.4, -0.2) is 30.6 Å². The number of para-hydroxylation sites is 2. The van der Waals surface area contributed by atoms with E-state index in [0.717, 1.165) is 5.92 Å². The lowest BCUT2D eigenvalue weighted by molar-refractivity contribution is 0.190. The van der Waals surface area contributed by atoms with Crippen LogP contribution >= 0.6 is 0 Å². The molecule has 0 unspecified atom stereocenters. The summed E-state index contributed by atoms with van der Waals surface area (Å²) in [4.78, 5) is 5.33. The first-order chi connectivity index (χ1) is 11.4. The Labute approximate surface area is 138 Å². The van der Waals surface area contributed by atoms with E-state index < -0.39 is 0 Å². The van der Waals surface area contributed by atoms with Crippen LogP contribution in [0.4, 0.5) is 11.4 Å². The Morgan fingerprint density at radius 2 is 1.65 bits per heavy atom. The van der Waals surface area contributed by atoms with Gasteiger partial charge >= 0.3 is 0 Å². The molecule has 118 valence electrons. The van der Waals surface area contributed by atoms with Gasteiger partial charge in [0, 0.05) is 43.0 Å². The molecule has 0 bridgehead atoms. The standard InChI is InChI=1S/C21H24N2/c1-2-6-17(7-3-1)23-20-9-5-4-8-18(20)19-15-22(13-12-21(19)23)14-16-10-11-16/h1-9,16,19,21H,10-15H2/t19-,21+/m0/s1. The van der Waals surface area contributed by atoms with Crippen molar-refractivity contribution in [2.75, 3.05) is 24.5 Å². The molecule has 0 amide bonds. The number of hydrogen-bond donors (Lipinski definition) is 0. The molecule has 1 saturated heterocycles. The highest BCUT2D eigenvalue weighted by molar-refractivity contribution is 5.72. The Bertz CT molecular complexity index is 692. The molecule has 0 N–H and O–H groups in total. The number of benzene rings is 2. The fourth-order valence-corrected chi connectivity index (χ4v) is 4.57. The zero-order chi connectivity index (χ0) is 15.2.